The van der Waals surface area contributed by atoms with Crippen molar-refractivity contribution in [1.29, 1.82) is 0 Å². The summed E-state index contributed by atoms with van der Waals surface area (Å²) in [5.74, 6) is 1.81. The molecule has 9 nitrogen and oxygen atoms in total. The second-order valence-corrected chi connectivity index (χ2v) is 8.01. The number of ether oxygens (including phenoxy) is 1. The molecule has 168 valence electrons. The molecule has 3 aromatic heterocycles. The molecule has 5 rings (SSSR count). The molecule has 0 aliphatic rings. The Balaban J connectivity index is 1.70. The summed E-state index contributed by atoms with van der Waals surface area (Å²) in [6, 6.07) is 17.7. The molecule has 0 spiro atoms. The molecule has 0 aliphatic heterocycles. The molecule has 2 aromatic carbocycles. The summed E-state index contributed by atoms with van der Waals surface area (Å²) in [7, 11) is 4.77. The highest BCUT2D eigenvalue weighted by Crippen LogP contribution is 2.26. The van der Waals surface area contributed by atoms with Crippen LogP contribution >= 0.6 is 0 Å². The van der Waals surface area contributed by atoms with Crippen LogP contribution in [0.4, 0.5) is 0 Å². The first-order chi connectivity index (χ1) is 16.0. The normalized spacial score (nSPS) is 11.5. The number of imidazole rings is 1. The standard InChI is InChI=1S/C24H24N6O3/c1-27-21-19(22(31)28(2)24(27)32)29(15-7-10-16-8-5-4-6-9-16)23-26-25-20(30(21)23)17-11-13-18(33-3)14-12-17/h4-6,8-9,11-14H,7,10,15H2,1-3H3. The summed E-state index contributed by atoms with van der Waals surface area (Å²) in [6.45, 7) is 0.566. The van der Waals surface area contributed by atoms with Gasteiger partial charge in [0, 0.05) is 26.2 Å². The molecule has 0 bridgehead atoms. The molecule has 0 radical (unpaired) electrons. The van der Waals surface area contributed by atoms with Crippen molar-refractivity contribution in [2.24, 2.45) is 14.1 Å². The third-order valence-electron chi connectivity index (χ3n) is 6.02. The van der Waals surface area contributed by atoms with Crippen LogP contribution < -0.4 is 16.0 Å². The van der Waals surface area contributed by atoms with E-state index in [1.807, 2.05) is 47.0 Å². The van der Waals surface area contributed by atoms with E-state index >= 15 is 0 Å². The van der Waals surface area contributed by atoms with Crippen molar-refractivity contribution >= 4 is 16.9 Å². The topological polar surface area (TPSA) is 88.3 Å². The zero-order valence-corrected chi connectivity index (χ0v) is 18.7. The summed E-state index contributed by atoms with van der Waals surface area (Å²) in [6.07, 6.45) is 1.67. The van der Waals surface area contributed by atoms with Crippen LogP contribution in [0.1, 0.15) is 12.0 Å². The Labute approximate surface area is 189 Å². The molecule has 0 N–H and O–H groups in total. The number of aromatic nitrogens is 6. The van der Waals surface area contributed by atoms with Crippen molar-refractivity contribution in [3.05, 3.63) is 81.0 Å². The lowest BCUT2D eigenvalue weighted by Gasteiger charge is -2.08. The first-order valence-electron chi connectivity index (χ1n) is 10.7. The average Bonchev–Trinajstić information content (AvgIpc) is 3.41. The SMILES string of the molecule is COc1ccc(-c2nnc3n(CCCc4ccccc4)c4c(=O)n(C)c(=O)n(C)c4n23)cc1. The highest BCUT2D eigenvalue weighted by Gasteiger charge is 2.23. The van der Waals surface area contributed by atoms with Crippen molar-refractivity contribution in [2.45, 2.75) is 19.4 Å². The fourth-order valence-electron chi connectivity index (χ4n) is 4.28. The van der Waals surface area contributed by atoms with Gasteiger partial charge in [-0.15, -0.1) is 10.2 Å². The molecule has 0 saturated carbocycles. The van der Waals surface area contributed by atoms with Crippen LogP contribution in [0.25, 0.3) is 28.3 Å². The summed E-state index contributed by atoms with van der Waals surface area (Å²) in [5.41, 5.74) is 2.20. The van der Waals surface area contributed by atoms with Gasteiger partial charge in [0.05, 0.1) is 7.11 Å². The molecule has 0 amide bonds. The van der Waals surface area contributed by atoms with Crippen LogP contribution in [0, 0.1) is 0 Å². The molecule has 3 heterocycles. The number of fused-ring (bicyclic) bond motifs is 3. The van der Waals surface area contributed by atoms with Crippen LogP contribution in [0.15, 0.2) is 64.2 Å². The maximum absolute atomic E-state index is 13.2. The average molecular weight is 444 g/mol. The minimum atomic E-state index is -0.398. The Kier molecular flexibility index (Phi) is 5.08. The van der Waals surface area contributed by atoms with Gasteiger partial charge in [-0.25, -0.2) is 9.20 Å². The van der Waals surface area contributed by atoms with Gasteiger partial charge in [0.2, 0.25) is 5.78 Å². The van der Waals surface area contributed by atoms with Gasteiger partial charge < -0.3 is 9.30 Å². The van der Waals surface area contributed by atoms with E-state index < -0.39 is 5.69 Å². The van der Waals surface area contributed by atoms with Crippen LogP contribution in [0.5, 0.6) is 5.75 Å². The fraction of sp³-hybridized carbons (Fsp3) is 0.250. The Hall–Kier alpha value is -4.14. The second-order valence-electron chi connectivity index (χ2n) is 8.01. The quantitative estimate of drug-likeness (QED) is 0.401. The van der Waals surface area contributed by atoms with Crippen LogP contribution in [0.2, 0.25) is 0 Å². The molecular weight excluding hydrogens is 420 g/mol. The summed E-state index contributed by atoms with van der Waals surface area (Å²) < 4.78 is 11.5. The van der Waals surface area contributed by atoms with E-state index in [2.05, 4.69) is 22.3 Å². The van der Waals surface area contributed by atoms with Crippen LogP contribution in [0.3, 0.4) is 0 Å². The number of benzene rings is 2. The van der Waals surface area contributed by atoms with E-state index in [1.54, 1.807) is 18.6 Å². The first-order valence-corrected chi connectivity index (χ1v) is 10.7. The summed E-state index contributed by atoms with van der Waals surface area (Å²) >= 11 is 0. The molecule has 0 aliphatic carbocycles. The van der Waals surface area contributed by atoms with Gasteiger partial charge in [-0.05, 0) is 42.7 Å². The van der Waals surface area contributed by atoms with Crippen molar-refractivity contribution < 1.29 is 4.74 Å². The number of methoxy groups -OCH3 is 1. The van der Waals surface area contributed by atoms with Crippen LogP contribution in [-0.4, -0.2) is 35.4 Å². The van der Waals surface area contributed by atoms with E-state index in [-0.39, 0.29) is 5.56 Å². The smallest absolute Gasteiger partial charge is 0.332 e. The van der Waals surface area contributed by atoms with E-state index in [4.69, 9.17) is 4.74 Å². The van der Waals surface area contributed by atoms with E-state index in [1.165, 1.54) is 17.2 Å². The van der Waals surface area contributed by atoms with E-state index in [0.717, 1.165) is 28.7 Å². The predicted octanol–water partition coefficient (Wildman–Crippen LogP) is 2.39. The van der Waals surface area contributed by atoms with Gasteiger partial charge in [0.15, 0.2) is 17.0 Å². The summed E-state index contributed by atoms with van der Waals surface area (Å²) in [5, 5.41) is 8.83. The lowest BCUT2D eigenvalue weighted by Crippen LogP contribution is -2.37. The summed E-state index contributed by atoms with van der Waals surface area (Å²) in [4.78, 5) is 26.0. The molecule has 33 heavy (non-hydrogen) atoms. The van der Waals surface area contributed by atoms with Crippen molar-refractivity contribution in [3.8, 4) is 17.1 Å². The van der Waals surface area contributed by atoms with Crippen molar-refractivity contribution in [2.75, 3.05) is 7.11 Å². The van der Waals surface area contributed by atoms with E-state index in [9.17, 15) is 9.59 Å². The van der Waals surface area contributed by atoms with Gasteiger partial charge in [-0.1, -0.05) is 30.3 Å². The highest BCUT2D eigenvalue weighted by molar-refractivity contribution is 5.79. The molecule has 0 unspecified atom stereocenters. The fourth-order valence-corrected chi connectivity index (χ4v) is 4.28. The van der Waals surface area contributed by atoms with Gasteiger partial charge in [-0.3, -0.25) is 13.9 Å². The Bertz CT molecular complexity index is 1570. The zero-order valence-electron chi connectivity index (χ0n) is 18.7. The van der Waals surface area contributed by atoms with Gasteiger partial charge >= 0.3 is 5.69 Å². The van der Waals surface area contributed by atoms with Gasteiger partial charge in [-0.2, -0.15) is 0 Å². The first kappa shape index (κ1) is 20.7. The largest absolute Gasteiger partial charge is 0.497 e. The number of aryl methyl sites for hydroxylation is 3. The third-order valence-corrected chi connectivity index (χ3v) is 6.02. The zero-order chi connectivity index (χ0) is 23.1. The lowest BCUT2D eigenvalue weighted by molar-refractivity contribution is 0.415. The lowest BCUT2D eigenvalue weighted by atomic mass is 10.1. The van der Waals surface area contributed by atoms with Gasteiger partial charge in [0.25, 0.3) is 5.56 Å². The molecule has 5 aromatic rings. The maximum Gasteiger partial charge on any atom is 0.332 e. The maximum atomic E-state index is 13.2. The van der Waals surface area contributed by atoms with E-state index in [0.29, 0.717) is 29.3 Å². The molecule has 0 atom stereocenters. The van der Waals surface area contributed by atoms with Crippen molar-refractivity contribution in [1.82, 2.24) is 28.3 Å². The third kappa shape index (κ3) is 3.32. The Morgan fingerprint density at radius 3 is 2.33 bits per heavy atom. The highest BCUT2D eigenvalue weighted by atomic mass is 16.5. The Morgan fingerprint density at radius 2 is 1.64 bits per heavy atom. The number of rotatable bonds is 6. The molecular formula is C24H24N6O3. The van der Waals surface area contributed by atoms with Crippen LogP contribution in [-0.2, 0) is 27.1 Å². The number of hydrogen-bond acceptors (Lipinski definition) is 5. The Morgan fingerprint density at radius 1 is 0.909 bits per heavy atom. The minimum Gasteiger partial charge on any atom is -0.497 e. The number of nitrogens with zero attached hydrogens (tertiary/aromatic N) is 6. The number of hydrogen-bond donors (Lipinski definition) is 0. The molecule has 0 saturated heterocycles. The second kappa shape index (κ2) is 8.09. The molecule has 9 heteroatoms. The van der Waals surface area contributed by atoms with Crippen molar-refractivity contribution in [3.63, 3.8) is 0 Å². The minimum absolute atomic E-state index is 0.348. The van der Waals surface area contributed by atoms with Gasteiger partial charge in [0.1, 0.15) is 5.75 Å². The molecule has 0 fully saturated rings. The predicted molar refractivity (Wildman–Crippen MR) is 126 cm³/mol. The monoisotopic (exact) mass is 444 g/mol.